The van der Waals surface area contributed by atoms with Crippen LogP contribution in [0.15, 0.2) is 54.6 Å². The molecule has 0 radical (unpaired) electrons. The molecule has 0 spiro atoms. The number of halogens is 1. The zero-order chi connectivity index (χ0) is 16.2. The standard InChI is InChI=1S/C18H17N3O2.ClH/c1-12(18-19-15-4-2-3-5-16(15)20-18)14-9-6-13(7-10-14)8-11-17(22)21-23;/h2-12,23H,1H3,(H,19,20)(H,21,22);1H/b11-8+;/t12-;/m0./s1. The summed E-state index contributed by atoms with van der Waals surface area (Å²) in [6, 6.07) is 15.8. The molecule has 2 aromatic carbocycles. The average Bonchev–Trinajstić information content (AvgIpc) is 3.03. The molecule has 3 aromatic rings. The normalized spacial score (nSPS) is 12.1. The predicted octanol–water partition coefficient (Wildman–Crippen LogP) is 3.66. The third-order valence-electron chi connectivity index (χ3n) is 3.79. The molecule has 0 unspecified atom stereocenters. The van der Waals surface area contributed by atoms with Crippen molar-refractivity contribution in [1.82, 2.24) is 15.4 Å². The van der Waals surface area contributed by atoms with Gasteiger partial charge in [-0.3, -0.25) is 10.0 Å². The number of aromatic amines is 1. The number of benzene rings is 2. The first-order valence-electron chi connectivity index (χ1n) is 7.34. The quantitative estimate of drug-likeness (QED) is 0.384. The van der Waals surface area contributed by atoms with Crippen LogP contribution in [0.3, 0.4) is 0 Å². The van der Waals surface area contributed by atoms with Crippen molar-refractivity contribution in [1.29, 1.82) is 0 Å². The van der Waals surface area contributed by atoms with Crippen LogP contribution in [0, 0.1) is 0 Å². The molecular formula is C18H18ClN3O2. The third-order valence-corrected chi connectivity index (χ3v) is 3.79. The highest BCUT2D eigenvalue weighted by atomic mass is 35.5. The highest BCUT2D eigenvalue weighted by molar-refractivity contribution is 5.90. The molecule has 1 heterocycles. The maximum atomic E-state index is 11.0. The third kappa shape index (κ3) is 3.82. The van der Waals surface area contributed by atoms with Crippen molar-refractivity contribution < 1.29 is 10.0 Å². The van der Waals surface area contributed by atoms with E-state index in [0.29, 0.717) is 0 Å². The van der Waals surface area contributed by atoms with Gasteiger partial charge < -0.3 is 4.98 Å². The summed E-state index contributed by atoms with van der Waals surface area (Å²) in [5.41, 5.74) is 5.57. The minimum Gasteiger partial charge on any atom is -0.341 e. The number of hydrogen-bond acceptors (Lipinski definition) is 3. The molecule has 0 aliphatic rings. The van der Waals surface area contributed by atoms with Crippen molar-refractivity contribution in [2.24, 2.45) is 0 Å². The largest absolute Gasteiger partial charge is 0.341 e. The maximum absolute atomic E-state index is 11.0. The number of nitrogens with zero attached hydrogens (tertiary/aromatic N) is 1. The van der Waals surface area contributed by atoms with Crippen LogP contribution in [0.2, 0.25) is 0 Å². The molecule has 0 aliphatic heterocycles. The number of H-pyrrole nitrogens is 1. The van der Waals surface area contributed by atoms with E-state index in [1.165, 1.54) is 6.08 Å². The lowest BCUT2D eigenvalue weighted by Crippen LogP contribution is -2.14. The van der Waals surface area contributed by atoms with Gasteiger partial charge >= 0.3 is 0 Å². The van der Waals surface area contributed by atoms with E-state index in [1.54, 1.807) is 11.6 Å². The first-order valence-corrected chi connectivity index (χ1v) is 7.34. The Hall–Kier alpha value is -2.63. The lowest BCUT2D eigenvalue weighted by molar-refractivity contribution is -0.124. The molecule has 1 atom stereocenters. The Morgan fingerprint density at radius 1 is 1.21 bits per heavy atom. The summed E-state index contributed by atoms with van der Waals surface area (Å²) in [4.78, 5) is 19.0. The van der Waals surface area contributed by atoms with Crippen LogP contribution in [-0.4, -0.2) is 21.1 Å². The van der Waals surface area contributed by atoms with Gasteiger partial charge in [-0.2, -0.15) is 0 Å². The zero-order valence-electron chi connectivity index (χ0n) is 13.1. The van der Waals surface area contributed by atoms with Crippen molar-refractivity contribution in [3.63, 3.8) is 0 Å². The summed E-state index contributed by atoms with van der Waals surface area (Å²) in [7, 11) is 0. The molecule has 124 valence electrons. The van der Waals surface area contributed by atoms with E-state index in [1.807, 2.05) is 48.5 Å². The fraction of sp³-hybridized carbons (Fsp3) is 0.111. The number of amides is 1. The summed E-state index contributed by atoms with van der Waals surface area (Å²) >= 11 is 0. The Morgan fingerprint density at radius 2 is 1.92 bits per heavy atom. The van der Waals surface area contributed by atoms with Crippen LogP contribution in [-0.2, 0) is 4.79 Å². The molecule has 0 fully saturated rings. The Balaban J connectivity index is 0.00000208. The summed E-state index contributed by atoms with van der Waals surface area (Å²) in [6.07, 6.45) is 2.92. The molecule has 5 nitrogen and oxygen atoms in total. The molecule has 6 heteroatoms. The minimum atomic E-state index is -0.551. The Labute approximate surface area is 145 Å². The number of nitrogens with one attached hydrogen (secondary N) is 2. The first kappa shape index (κ1) is 17.7. The Bertz CT molecular complexity index is 823. The van der Waals surface area contributed by atoms with E-state index in [0.717, 1.165) is 28.0 Å². The van der Waals surface area contributed by atoms with E-state index in [2.05, 4.69) is 16.9 Å². The van der Waals surface area contributed by atoms with Gasteiger partial charge in [-0.1, -0.05) is 43.3 Å². The van der Waals surface area contributed by atoms with Gasteiger partial charge in [0.1, 0.15) is 5.82 Å². The second kappa shape index (κ2) is 7.77. The van der Waals surface area contributed by atoms with Gasteiger partial charge in [-0.05, 0) is 29.3 Å². The molecule has 0 bridgehead atoms. The molecule has 3 N–H and O–H groups in total. The molecule has 0 saturated carbocycles. The second-order valence-corrected chi connectivity index (χ2v) is 5.34. The summed E-state index contributed by atoms with van der Waals surface area (Å²) in [5.74, 6) is 0.514. The lowest BCUT2D eigenvalue weighted by Gasteiger charge is -2.09. The van der Waals surface area contributed by atoms with Crippen molar-refractivity contribution in [3.8, 4) is 0 Å². The maximum Gasteiger partial charge on any atom is 0.267 e. The Morgan fingerprint density at radius 3 is 2.58 bits per heavy atom. The molecule has 0 saturated heterocycles. The monoisotopic (exact) mass is 343 g/mol. The number of aromatic nitrogens is 2. The second-order valence-electron chi connectivity index (χ2n) is 5.34. The van der Waals surface area contributed by atoms with Crippen LogP contribution in [0.25, 0.3) is 17.1 Å². The average molecular weight is 344 g/mol. The number of carbonyl (C=O) groups excluding carboxylic acids is 1. The van der Waals surface area contributed by atoms with Crippen LogP contribution in [0.4, 0.5) is 0 Å². The van der Waals surface area contributed by atoms with Crippen LogP contribution < -0.4 is 5.48 Å². The minimum absolute atomic E-state index is 0. The highest BCUT2D eigenvalue weighted by Crippen LogP contribution is 2.24. The van der Waals surface area contributed by atoms with E-state index >= 15 is 0 Å². The summed E-state index contributed by atoms with van der Waals surface area (Å²) in [5, 5.41) is 8.45. The number of imidazole rings is 1. The van der Waals surface area contributed by atoms with Crippen LogP contribution >= 0.6 is 12.4 Å². The van der Waals surface area contributed by atoms with Gasteiger partial charge in [0.15, 0.2) is 0 Å². The summed E-state index contributed by atoms with van der Waals surface area (Å²) in [6.45, 7) is 2.10. The topological polar surface area (TPSA) is 78.0 Å². The number of hydrogen-bond donors (Lipinski definition) is 3. The van der Waals surface area contributed by atoms with Crippen LogP contribution in [0.1, 0.15) is 29.8 Å². The highest BCUT2D eigenvalue weighted by Gasteiger charge is 2.12. The van der Waals surface area contributed by atoms with Gasteiger partial charge in [-0.15, -0.1) is 12.4 Å². The predicted molar refractivity (Wildman–Crippen MR) is 96.3 cm³/mol. The SMILES string of the molecule is C[C@@H](c1ccc(/C=C/C(=O)NO)cc1)c1nc2ccccc2[nH]1.Cl. The summed E-state index contributed by atoms with van der Waals surface area (Å²) < 4.78 is 0. The van der Waals surface area contributed by atoms with Gasteiger partial charge in [0.05, 0.1) is 11.0 Å². The zero-order valence-corrected chi connectivity index (χ0v) is 13.9. The van der Waals surface area contributed by atoms with Gasteiger partial charge in [-0.25, -0.2) is 10.5 Å². The Kier molecular flexibility index (Phi) is 5.73. The van der Waals surface area contributed by atoms with Crippen LogP contribution in [0.5, 0.6) is 0 Å². The van der Waals surface area contributed by atoms with E-state index in [-0.39, 0.29) is 18.3 Å². The van der Waals surface area contributed by atoms with E-state index in [4.69, 9.17) is 5.21 Å². The fourth-order valence-electron chi connectivity index (χ4n) is 2.44. The number of hydroxylamine groups is 1. The van der Waals surface area contributed by atoms with Gasteiger partial charge in [0.2, 0.25) is 0 Å². The first-order chi connectivity index (χ1) is 11.2. The smallest absolute Gasteiger partial charge is 0.267 e. The van der Waals surface area contributed by atoms with Crippen molar-refractivity contribution >= 4 is 35.4 Å². The number of para-hydroxylation sites is 2. The molecule has 1 aromatic heterocycles. The molecular weight excluding hydrogens is 326 g/mol. The van der Waals surface area contributed by atoms with Crippen molar-refractivity contribution in [3.05, 3.63) is 71.6 Å². The van der Waals surface area contributed by atoms with Gasteiger partial charge in [0.25, 0.3) is 5.91 Å². The van der Waals surface area contributed by atoms with Crippen molar-refractivity contribution in [2.75, 3.05) is 0 Å². The lowest BCUT2D eigenvalue weighted by atomic mass is 9.99. The number of fused-ring (bicyclic) bond motifs is 1. The molecule has 24 heavy (non-hydrogen) atoms. The van der Waals surface area contributed by atoms with Crippen molar-refractivity contribution in [2.45, 2.75) is 12.8 Å². The van der Waals surface area contributed by atoms with Gasteiger partial charge in [0, 0.05) is 12.0 Å². The number of carbonyl (C=O) groups is 1. The number of rotatable bonds is 4. The van der Waals surface area contributed by atoms with E-state index < -0.39 is 5.91 Å². The fourth-order valence-corrected chi connectivity index (χ4v) is 2.44. The molecule has 3 rings (SSSR count). The molecule has 1 amide bonds. The van der Waals surface area contributed by atoms with E-state index in [9.17, 15) is 4.79 Å². The molecule has 0 aliphatic carbocycles.